The normalized spacial score (nSPS) is 13.4. The van der Waals surface area contributed by atoms with Crippen molar-refractivity contribution in [1.82, 2.24) is 0 Å². The van der Waals surface area contributed by atoms with Crippen molar-refractivity contribution in [3.63, 3.8) is 0 Å². The number of unbranched alkanes of at least 4 members (excludes halogenated alkanes) is 24. The molecule has 0 aromatic heterocycles. The average molecular weight is 653 g/mol. The Morgan fingerprint density at radius 1 is 0.386 bits per heavy atom. The van der Waals surface area contributed by atoms with Crippen molar-refractivity contribution in [3.05, 3.63) is 37.0 Å². The molecule has 0 radical (unpaired) electrons. The number of thiol groups is 1. The lowest BCUT2D eigenvalue weighted by molar-refractivity contribution is 0.178. The van der Waals surface area contributed by atoms with Crippen LogP contribution in [0.25, 0.3) is 0 Å². The van der Waals surface area contributed by atoms with Gasteiger partial charge in [0.2, 0.25) is 0 Å². The third-order valence-electron chi connectivity index (χ3n) is 8.35. The zero-order chi connectivity index (χ0) is 32.1. The van der Waals surface area contributed by atoms with E-state index in [1.54, 1.807) is 0 Å². The van der Waals surface area contributed by atoms with E-state index in [2.05, 4.69) is 51.6 Å². The van der Waals surface area contributed by atoms with Crippen LogP contribution in [0.3, 0.4) is 0 Å². The van der Waals surface area contributed by atoms with Crippen molar-refractivity contribution < 1.29 is 13.3 Å². The van der Waals surface area contributed by atoms with Gasteiger partial charge in [-0.1, -0.05) is 174 Å². The second kappa shape index (κ2) is 36.7. The standard InChI is InChI=1S/C39H76O3SSi/c1-4-7-10-13-16-19-22-25-28-31-35-40-44(39-34-38-43,41-36-32-29-26-23-20-17-14-11-8-5-2)42-37-33-30-27-24-21-18-15-12-9-6-3/h31-33,35-37,43H,4-30,34,38-39H2,1-3H3. The predicted molar refractivity (Wildman–Crippen MR) is 201 cm³/mol. The number of hydrogen-bond acceptors (Lipinski definition) is 4. The third-order valence-corrected chi connectivity index (χ3v) is 11.1. The fourth-order valence-electron chi connectivity index (χ4n) is 5.40. The van der Waals surface area contributed by atoms with Gasteiger partial charge in [0, 0.05) is 0 Å². The van der Waals surface area contributed by atoms with Gasteiger partial charge >= 0.3 is 8.80 Å². The Balaban J connectivity index is 4.74. The second-order valence-corrected chi connectivity index (χ2v) is 15.8. The Hall–Kier alpha value is -0.813. The maximum atomic E-state index is 6.36. The van der Waals surface area contributed by atoms with Gasteiger partial charge in [-0.2, -0.15) is 12.6 Å². The highest BCUT2D eigenvalue weighted by Crippen LogP contribution is 2.21. The molecular formula is C39H76O3SSi. The highest BCUT2D eigenvalue weighted by Gasteiger charge is 2.45. The first kappa shape index (κ1) is 43.2. The molecule has 0 fully saturated rings. The topological polar surface area (TPSA) is 27.7 Å². The van der Waals surface area contributed by atoms with Crippen molar-refractivity contribution >= 4 is 21.4 Å². The van der Waals surface area contributed by atoms with E-state index in [1.165, 1.54) is 154 Å². The summed E-state index contributed by atoms with van der Waals surface area (Å²) in [5.41, 5.74) is 0. The molecule has 0 aliphatic carbocycles. The van der Waals surface area contributed by atoms with Gasteiger partial charge in [-0.05, 0) is 50.7 Å². The number of hydrogen-bond donors (Lipinski definition) is 1. The van der Waals surface area contributed by atoms with E-state index >= 15 is 0 Å². The average Bonchev–Trinajstić information content (AvgIpc) is 3.04. The zero-order valence-corrected chi connectivity index (χ0v) is 31.7. The van der Waals surface area contributed by atoms with Crippen LogP contribution in [0.4, 0.5) is 0 Å². The maximum absolute atomic E-state index is 6.36. The van der Waals surface area contributed by atoms with Gasteiger partial charge in [-0.25, -0.2) is 0 Å². The van der Waals surface area contributed by atoms with E-state index in [9.17, 15) is 0 Å². The van der Waals surface area contributed by atoms with E-state index in [0.717, 1.165) is 37.5 Å². The number of allylic oxidation sites excluding steroid dienone is 3. The molecule has 0 unspecified atom stereocenters. The van der Waals surface area contributed by atoms with Gasteiger partial charge in [0.05, 0.1) is 24.8 Å². The van der Waals surface area contributed by atoms with E-state index in [0.29, 0.717) is 0 Å². The molecule has 0 atom stereocenters. The minimum Gasteiger partial charge on any atom is -0.490 e. The zero-order valence-electron chi connectivity index (χ0n) is 29.8. The van der Waals surface area contributed by atoms with Crippen LogP contribution in [0, 0.1) is 0 Å². The Labute approximate surface area is 283 Å². The minimum absolute atomic E-state index is 0.767. The fourth-order valence-corrected chi connectivity index (χ4v) is 7.90. The first-order valence-electron chi connectivity index (χ1n) is 19.3. The van der Waals surface area contributed by atoms with Gasteiger partial charge in [0.15, 0.2) is 0 Å². The van der Waals surface area contributed by atoms with Crippen molar-refractivity contribution in [2.24, 2.45) is 0 Å². The number of rotatable bonds is 36. The molecule has 0 N–H and O–H groups in total. The molecule has 0 spiro atoms. The van der Waals surface area contributed by atoms with Crippen LogP contribution in [0.15, 0.2) is 37.0 Å². The lowest BCUT2D eigenvalue weighted by Crippen LogP contribution is -2.41. The summed E-state index contributed by atoms with van der Waals surface area (Å²) in [5, 5.41) is 0. The highest BCUT2D eigenvalue weighted by atomic mass is 32.1. The largest absolute Gasteiger partial charge is 0.698 e. The molecule has 0 amide bonds. The van der Waals surface area contributed by atoms with E-state index in [4.69, 9.17) is 13.3 Å². The van der Waals surface area contributed by atoms with Gasteiger partial charge in [0.25, 0.3) is 0 Å². The summed E-state index contributed by atoms with van der Waals surface area (Å²) in [6.07, 6.45) is 48.3. The Morgan fingerprint density at radius 2 is 0.659 bits per heavy atom. The molecule has 0 aliphatic rings. The van der Waals surface area contributed by atoms with E-state index < -0.39 is 8.80 Å². The minimum atomic E-state index is -2.91. The summed E-state index contributed by atoms with van der Waals surface area (Å²) in [4.78, 5) is 0. The smallest absolute Gasteiger partial charge is 0.490 e. The van der Waals surface area contributed by atoms with Crippen LogP contribution >= 0.6 is 12.6 Å². The summed E-state index contributed by atoms with van der Waals surface area (Å²) in [5.74, 6) is 0.802. The van der Waals surface area contributed by atoms with Crippen molar-refractivity contribution in [1.29, 1.82) is 0 Å². The first-order chi connectivity index (χ1) is 21.7. The lowest BCUT2D eigenvalue weighted by atomic mass is 10.1. The SMILES string of the molecule is CCCCCCCCCCC=CO[Si](CCCS)(OC=CCCCCCCCCCC)OC=CCCCCCCCCCC. The van der Waals surface area contributed by atoms with E-state index in [-0.39, 0.29) is 0 Å². The summed E-state index contributed by atoms with van der Waals surface area (Å²) < 4.78 is 19.1. The summed E-state index contributed by atoms with van der Waals surface area (Å²) in [6, 6.07) is 0.767. The van der Waals surface area contributed by atoms with Crippen molar-refractivity contribution in [3.8, 4) is 0 Å². The molecule has 0 saturated carbocycles. The van der Waals surface area contributed by atoms with Crippen molar-refractivity contribution in [2.75, 3.05) is 5.75 Å². The highest BCUT2D eigenvalue weighted by molar-refractivity contribution is 7.80. The molecule has 0 heterocycles. The molecule has 260 valence electrons. The van der Waals surface area contributed by atoms with Crippen LogP contribution in [-0.2, 0) is 13.3 Å². The first-order valence-corrected chi connectivity index (χ1v) is 21.9. The van der Waals surface area contributed by atoms with Gasteiger partial charge in [-0.15, -0.1) is 0 Å². The molecule has 0 aliphatic heterocycles. The molecule has 44 heavy (non-hydrogen) atoms. The van der Waals surface area contributed by atoms with Crippen LogP contribution in [0.5, 0.6) is 0 Å². The molecule has 0 saturated heterocycles. The van der Waals surface area contributed by atoms with Crippen LogP contribution in [-0.4, -0.2) is 14.6 Å². The Morgan fingerprint density at radius 3 is 0.932 bits per heavy atom. The molecule has 0 aromatic carbocycles. The third kappa shape index (κ3) is 31.2. The van der Waals surface area contributed by atoms with Crippen LogP contribution in [0.2, 0.25) is 6.04 Å². The maximum Gasteiger partial charge on any atom is 0.698 e. The molecule has 5 heteroatoms. The van der Waals surface area contributed by atoms with Crippen LogP contribution in [0.1, 0.15) is 201 Å². The summed E-state index contributed by atoms with van der Waals surface area (Å²) >= 11 is 4.49. The monoisotopic (exact) mass is 653 g/mol. The lowest BCUT2D eigenvalue weighted by Gasteiger charge is -2.25. The summed E-state index contributed by atoms with van der Waals surface area (Å²) in [6.45, 7) is 6.84. The van der Waals surface area contributed by atoms with Crippen molar-refractivity contribution in [2.45, 2.75) is 207 Å². The molecule has 0 bridgehead atoms. The molecule has 0 rings (SSSR count). The Bertz CT molecular complexity index is 558. The molecule has 0 aromatic rings. The second-order valence-electron chi connectivity index (χ2n) is 12.8. The van der Waals surface area contributed by atoms with Gasteiger partial charge in [0.1, 0.15) is 0 Å². The quantitative estimate of drug-likeness (QED) is 0.0316. The van der Waals surface area contributed by atoms with E-state index in [1.807, 2.05) is 18.8 Å². The summed E-state index contributed by atoms with van der Waals surface area (Å²) in [7, 11) is -2.91. The molecule has 3 nitrogen and oxygen atoms in total. The predicted octanol–water partition coefficient (Wildman–Crippen LogP) is 14.4. The van der Waals surface area contributed by atoms with Gasteiger partial charge < -0.3 is 13.3 Å². The van der Waals surface area contributed by atoms with Crippen LogP contribution < -0.4 is 0 Å². The van der Waals surface area contributed by atoms with Gasteiger partial charge in [-0.3, -0.25) is 0 Å². The fraction of sp³-hybridized carbons (Fsp3) is 0.846. The molecular weight excluding hydrogens is 577 g/mol. The Kier molecular flexibility index (Phi) is 36.0.